The summed E-state index contributed by atoms with van der Waals surface area (Å²) in [7, 11) is 0. The number of hydrogen-bond acceptors (Lipinski definition) is 6. The first kappa shape index (κ1) is 14.6. The number of aromatic amines is 1. The summed E-state index contributed by atoms with van der Waals surface area (Å²) in [4.78, 5) is 19.3. The van der Waals surface area contributed by atoms with Crippen LogP contribution in [0.3, 0.4) is 0 Å². The lowest BCUT2D eigenvalue weighted by Crippen LogP contribution is -2.11. The zero-order valence-electron chi connectivity index (χ0n) is 12.5. The highest BCUT2D eigenvalue weighted by Crippen LogP contribution is 2.24. The molecule has 118 valence electrons. The SMILES string of the molecule is O=c1[nH]c(CSc2nnc(-c3ccccc3)o2)nc2ccccc12. The summed E-state index contributed by atoms with van der Waals surface area (Å²) in [5, 5.41) is 9.07. The van der Waals surface area contributed by atoms with Crippen LogP contribution in [0, 0.1) is 0 Å². The van der Waals surface area contributed by atoms with Crippen molar-refractivity contribution >= 4 is 22.7 Å². The van der Waals surface area contributed by atoms with Crippen LogP contribution in [0.5, 0.6) is 0 Å². The third kappa shape index (κ3) is 2.93. The number of thioether (sulfide) groups is 1. The molecule has 0 fully saturated rings. The molecule has 0 spiro atoms. The van der Waals surface area contributed by atoms with E-state index in [9.17, 15) is 4.79 Å². The Hall–Kier alpha value is -2.93. The molecule has 2 aromatic carbocycles. The highest BCUT2D eigenvalue weighted by Gasteiger charge is 2.10. The number of nitrogens with zero attached hydrogens (tertiary/aromatic N) is 3. The molecule has 0 amide bonds. The number of fused-ring (bicyclic) bond motifs is 1. The smallest absolute Gasteiger partial charge is 0.277 e. The third-order valence-corrected chi connectivity index (χ3v) is 4.25. The first-order chi connectivity index (χ1) is 11.8. The number of benzene rings is 2. The maximum atomic E-state index is 12.0. The summed E-state index contributed by atoms with van der Waals surface area (Å²) in [6, 6.07) is 16.8. The minimum atomic E-state index is -0.147. The minimum absolute atomic E-state index is 0.147. The van der Waals surface area contributed by atoms with Crippen LogP contribution in [0.15, 0.2) is 69.0 Å². The first-order valence-corrected chi connectivity index (χ1v) is 8.28. The van der Waals surface area contributed by atoms with Gasteiger partial charge in [-0.15, -0.1) is 10.2 Å². The molecule has 0 saturated heterocycles. The largest absolute Gasteiger partial charge is 0.411 e. The van der Waals surface area contributed by atoms with Gasteiger partial charge < -0.3 is 9.40 Å². The van der Waals surface area contributed by atoms with Gasteiger partial charge in [-0.2, -0.15) is 0 Å². The standard InChI is InChI=1S/C17H12N4O2S/c22-15-12-8-4-5-9-13(12)18-14(19-15)10-24-17-21-20-16(23-17)11-6-2-1-3-7-11/h1-9H,10H2,(H,18,19,22). The molecule has 0 aliphatic heterocycles. The monoisotopic (exact) mass is 336 g/mol. The van der Waals surface area contributed by atoms with Gasteiger partial charge in [0, 0.05) is 5.56 Å². The summed E-state index contributed by atoms with van der Waals surface area (Å²) < 4.78 is 5.63. The van der Waals surface area contributed by atoms with Crippen LogP contribution in [0.2, 0.25) is 0 Å². The minimum Gasteiger partial charge on any atom is -0.411 e. The molecule has 4 rings (SSSR count). The fourth-order valence-corrected chi connectivity index (χ4v) is 2.93. The lowest BCUT2D eigenvalue weighted by Gasteiger charge is -2.00. The Morgan fingerprint density at radius 1 is 1.00 bits per heavy atom. The van der Waals surface area contributed by atoms with Crippen LogP contribution < -0.4 is 5.56 Å². The summed E-state index contributed by atoms with van der Waals surface area (Å²) in [5.41, 5.74) is 1.40. The second-order valence-electron chi connectivity index (χ2n) is 5.06. The molecule has 0 aliphatic rings. The van der Waals surface area contributed by atoms with E-state index in [1.807, 2.05) is 48.5 Å². The van der Waals surface area contributed by atoms with Crippen LogP contribution in [-0.2, 0) is 5.75 Å². The van der Waals surface area contributed by atoms with Gasteiger partial charge in [-0.1, -0.05) is 42.1 Å². The third-order valence-electron chi connectivity index (χ3n) is 3.42. The predicted molar refractivity (Wildman–Crippen MR) is 91.7 cm³/mol. The van der Waals surface area contributed by atoms with Gasteiger partial charge in [0.2, 0.25) is 5.89 Å². The summed E-state index contributed by atoms with van der Waals surface area (Å²) >= 11 is 1.33. The second-order valence-corrected chi connectivity index (χ2v) is 5.98. The molecule has 0 radical (unpaired) electrons. The summed E-state index contributed by atoms with van der Waals surface area (Å²) in [6.45, 7) is 0. The average Bonchev–Trinajstić information content (AvgIpc) is 3.10. The summed E-state index contributed by atoms with van der Waals surface area (Å²) in [6.07, 6.45) is 0. The van der Waals surface area contributed by atoms with Gasteiger partial charge in [-0.3, -0.25) is 4.79 Å². The van der Waals surface area contributed by atoms with Crippen molar-refractivity contribution in [3.63, 3.8) is 0 Å². The van der Waals surface area contributed by atoms with Gasteiger partial charge in [0.1, 0.15) is 5.82 Å². The van der Waals surface area contributed by atoms with Crippen LogP contribution in [0.1, 0.15) is 5.82 Å². The molecule has 0 bridgehead atoms. The van der Waals surface area contributed by atoms with Crippen LogP contribution in [0.25, 0.3) is 22.4 Å². The van der Waals surface area contributed by atoms with Crippen molar-refractivity contribution in [2.75, 3.05) is 0 Å². The van der Waals surface area contributed by atoms with Gasteiger partial charge >= 0.3 is 0 Å². The van der Waals surface area contributed by atoms with E-state index in [4.69, 9.17) is 4.42 Å². The van der Waals surface area contributed by atoms with E-state index in [0.717, 1.165) is 5.56 Å². The summed E-state index contributed by atoms with van der Waals surface area (Å²) in [5.74, 6) is 1.48. The van der Waals surface area contributed by atoms with E-state index in [-0.39, 0.29) is 5.56 Å². The zero-order valence-corrected chi connectivity index (χ0v) is 13.3. The molecular formula is C17H12N4O2S. The predicted octanol–water partition coefficient (Wildman–Crippen LogP) is 3.27. The van der Waals surface area contributed by atoms with Crippen molar-refractivity contribution in [2.24, 2.45) is 0 Å². The fourth-order valence-electron chi connectivity index (χ4n) is 2.30. The van der Waals surface area contributed by atoms with Crippen molar-refractivity contribution in [1.82, 2.24) is 20.2 Å². The van der Waals surface area contributed by atoms with Crippen molar-refractivity contribution in [2.45, 2.75) is 11.0 Å². The van der Waals surface area contributed by atoms with E-state index in [1.54, 1.807) is 6.07 Å². The Morgan fingerprint density at radius 2 is 1.79 bits per heavy atom. The van der Waals surface area contributed by atoms with E-state index < -0.39 is 0 Å². The number of nitrogens with one attached hydrogen (secondary N) is 1. The maximum absolute atomic E-state index is 12.0. The number of aromatic nitrogens is 4. The first-order valence-electron chi connectivity index (χ1n) is 7.29. The number of rotatable bonds is 4. The number of H-pyrrole nitrogens is 1. The molecule has 2 heterocycles. The molecule has 7 heteroatoms. The Kier molecular flexibility index (Phi) is 3.84. The molecule has 24 heavy (non-hydrogen) atoms. The molecule has 2 aromatic heterocycles. The highest BCUT2D eigenvalue weighted by atomic mass is 32.2. The lowest BCUT2D eigenvalue weighted by atomic mass is 10.2. The van der Waals surface area contributed by atoms with Gasteiger partial charge in [0.15, 0.2) is 0 Å². The van der Waals surface area contributed by atoms with E-state index >= 15 is 0 Å². The van der Waals surface area contributed by atoms with Crippen molar-refractivity contribution in [1.29, 1.82) is 0 Å². The number of hydrogen-bond donors (Lipinski definition) is 1. The molecule has 4 aromatic rings. The zero-order chi connectivity index (χ0) is 16.4. The Bertz CT molecular complexity index is 1040. The topological polar surface area (TPSA) is 84.7 Å². The van der Waals surface area contributed by atoms with Gasteiger partial charge in [0.05, 0.1) is 16.7 Å². The van der Waals surface area contributed by atoms with Gasteiger partial charge in [0.25, 0.3) is 10.8 Å². The van der Waals surface area contributed by atoms with Gasteiger partial charge in [-0.05, 0) is 24.3 Å². The van der Waals surface area contributed by atoms with Crippen molar-refractivity contribution in [3.8, 4) is 11.5 Å². The van der Waals surface area contributed by atoms with Crippen LogP contribution in [0.4, 0.5) is 0 Å². The quantitative estimate of drug-likeness (QED) is 0.576. The molecule has 1 N–H and O–H groups in total. The Balaban J connectivity index is 1.53. The molecule has 6 nitrogen and oxygen atoms in total. The van der Waals surface area contributed by atoms with E-state index in [1.165, 1.54) is 11.8 Å². The highest BCUT2D eigenvalue weighted by molar-refractivity contribution is 7.98. The molecule has 0 aliphatic carbocycles. The second kappa shape index (κ2) is 6.29. The molecular weight excluding hydrogens is 324 g/mol. The van der Waals surface area contributed by atoms with Crippen molar-refractivity contribution in [3.05, 3.63) is 70.8 Å². The Labute approximate surface area is 141 Å². The van der Waals surface area contributed by atoms with Crippen molar-refractivity contribution < 1.29 is 4.42 Å². The Morgan fingerprint density at radius 3 is 2.67 bits per heavy atom. The molecule has 0 atom stereocenters. The fraction of sp³-hybridized carbons (Fsp3) is 0.0588. The lowest BCUT2D eigenvalue weighted by molar-refractivity contribution is 0.465. The molecule has 0 unspecified atom stereocenters. The average molecular weight is 336 g/mol. The normalized spacial score (nSPS) is 11.0. The van der Waals surface area contributed by atoms with Crippen LogP contribution in [-0.4, -0.2) is 20.2 Å². The van der Waals surface area contributed by atoms with Crippen LogP contribution >= 0.6 is 11.8 Å². The van der Waals surface area contributed by atoms with E-state index in [2.05, 4.69) is 20.2 Å². The van der Waals surface area contributed by atoms with Gasteiger partial charge in [-0.25, -0.2) is 4.98 Å². The maximum Gasteiger partial charge on any atom is 0.277 e. The molecule has 0 saturated carbocycles. The number of para-hydroxylation sites is 1. The van der Waals surface area contributed by atoms with E-state index in [0.29, 0.717) is 33.6 Å².